The van der Waals surface area contributed by atoms with Gasteiger partial charge in [0.15, 0.2) is 5.01 Å². The van der Waals surface area contributed by atoms with E-state index in [9.17, 15) is 9.59 Å². The molecule has 0 bridgehead atoms. The number of carbonyl (C=O) groups excluding carboxylic acids is 2. The van der Waals surface area contributed by atoms with E-state index in [1.54, 1.807) is 31.6 Å². The highest BCUT2D eigenvalue weighted by Gasteiger charge is 2.23. The number of benzene rings is 1. The summed E-state index contributed by atoms with van der Waals surface area (Å²) in [5.41, 5.74) is 2.49. The Morgan fingerprint density at radius 3 is 2.87 bits per heavy atom. The van der Waals surface area contributed by atoms with Crippen LogP contribution in [-0.4, -0.2) is 46.9 Å². The van der Waals surface area contributed by atoms with Gasteiger partial charge < -0.3 is 15.0 Å². The zero-order valence-corrected chi connectivity index (χ0v) is 17.4. The molecule has 4 rings (SSSR count). The Kier molecular flexibility index (Phi) is 6.04. The normalized spacial score (nSPS) is 13.3. The molecule has 0 radical (unpaired) electrons. The maximum absolute atomic E-state index is 12.8. The molecule has 0 unspecified atom stereocenters. The number of methoxy groups -OCH3 is 1. The number of ether oxygens (including phenoxy) is 1. The number of hydrogen-bond acceptors (Lipinski definition) is 6. The molecule has 1 aromatic carbocycles. The number of rotatable bonds is 5. The lowest BCUT2D eigenvalue weighted by atomic mass is 10.1. The van der Waals surface area contributed by atoms with E-state index >= 15 is 0 Å². The van der Waals surface area contributed by atoms with E-state index in [2.05, 4.69) is 15.3 Å². The second-order valence-electron chi connectivity index (χ2n) is 6.99. The van der Waals surface area contributed by atoms with Gasteiger partial charge in [0, 0.05) is 37.0 Å². The first-order chi connectivity index (χ1) is 14.6. The van der Waals surface area contributed by atoms with Crippen LogP contribution in [0.5, 0.6) is 5.75 Å². The van der Waals surface area contributed by atoms with Crippen LogP contribution in [0.15, 0.2) is 48.8 Å². The van der Waals surface area contributed by atoms with Gasteiger partial charge in [0.05, 0.1) is 31.1 Å². The Hall–Kier alpha value is -3.26. The third-order valence-corrected chi connectivity index (χ3v) is 6.12. The van der Waals surface area contributed by atoms with Gasteiger partial charge in [-0.1, -0.05) is 12.1 Å². The van der Waals surface area contributed by atoms with Gasteiger partial charge in [-0.25, -0.2) is 4.98 Å². The summed E-state index contributed by atoms with van der Waals surface area (Å²) in [5, 5.41) is 3.26. The van der Waals surface area contributed by atoms with Crippen molar-refractivity contribution < 1.29 is 14.3 Å². The number of amides is 2. The monoisotopic (exact) mass is 422 g/mol. The van der Waals surface area contributed by atoms with Crippen LogP contribution in [0.25, 0.3) is 0 Å². The van der Waals surface area contributed by atoms with E-state index in [1.807, 2.05) is 29.2 Å². The number of thiazole rings is 1. The van der Waals surface area contributed by atoms with Crippen molar-refractivity contribution in [3.63, 3.8) is 0 Å². The number of pyridine rings is 1. The van der Waals surface area contributed by atoms with Crippen molar-refractivity contribution in [2.24, 2.45) is 0 Å². The van der Waals surface area contributed by atoms with Crippen molar-refractivity contribution in [1.82, 2.24) is 14.9 Å². The van der Waals surface area contributed by atoms with E-state index in [-0.39, 0.29) is 11.8 Å². The van der Waals surface area contributed by atoms with Crippen LogP contribution in [0.2, 0.25) is 0 Å². The molecule has 1 N–H and O–H groups in total. The van der Waals surface area contributed by atoms with Crippen LogP contribution in [-0.2, 0) is 24.1 Å². The zero-order valence-electron chi connectivity index (χ0n) is 16.6. The summed E-state index contributed by atoms with van der Waals surface area (Å²) >= 11 is 1.40. The summed E-state index contributed by atoms with van der Waals surface area (Å²) < 4.78 is 5.23. The van der Waals surface area contributed by atoms with Crippen LogP contribution in [0, 0.1) is 0 Å². The van der Waals surface area contributed by atoms with Crippen molar-refractivity contribution in [3.8, 4) is 5.75 Å². The first-order valence-electron chi connectivity index (χ1n) is 9.73. The quantitative estimate of drug-likeness (QED) is 0.683. The van der Waals surface area contributed by atoms with Crippen molar-refractivity contribution in [2.45, 2.75) is 19.3 Å². The molecule has 30 heavy (non-hydrogen) atoms. The highest BCUT2D eigenvalue weighted by atomic mass is 32.1. The van der Waals surface area contributed by atoms with Gasteiger partial charge in [0.1, 0.15) is 5.75 Å². The highest BCUT2D eigenvalue weighted by Crippen LogP contribution is 2.24. The Balaban J connectivity index is 1.37. The molecule has 3 heterocycles. The van der Waals surface area contributed by atoms with E-state index in [0.717, 1.165) is 21.9 Å². The lowest BCUT2D eigenvalue weighted by molar-refractivity contribution is -0.130. The second kappa shape index (κ2) is 9.04. The predicted molar refractivity (Wildman–Crippen MR) is 115 cm³/mol. The van der Waals surface area contributed by atoms with Crippen LogP contribution in [0.1, 0.15) is 25.9 Å². The van der Waals surface area contributed by atoms with Crippen molar-refractivity contribution >= 4 is 28.8 Å². The third-order valence-electron chi connectivity index (χ3n) is 4.96. The fourth-order valence-electron chi connectivity index (χ4n) is 3.40. The number of hydrogen-bond donors (Lipinski definition) is 1. The molecule has 0 saturated carbocycles. The minimum absolute atomic E-state index is 0.0907. The van der Waals surface area contributed by atoms with Gasteiger partial charge >= 0.3 is 0 Å². The number of nitrogens with zero attached hydrogens (tertiary/aromatic N) is 3. The largest absolute Gasteiger partial charge is 0.497 e. The Labute approximate surface area is 178 Å². The lowest BCUT2D eigenvalue weighted by Crippen LogP contribution is -2.34. The maximum Gasteiger partial charge on any atom is 0.284 e. The van der Waals surface area contributed by atoms with E-state index < -0.39 is 0 Å². The molecular weight excluding hydrogens is 400 g/mol. The fraction of sp³-hybridized carbons (Fsp3) is 0.273. The Morgan fingerprint density at radius 1 is 1.20 bits per heavy atom. The Bertz CT molecular complexity index is 1030. The molecule has 8 heteroatoms. The number of nitrogens with one attached hydrogen (secondary N) is 1. The number of anilines is 1. The standard InChI is InChI=1S/C22H22N4O3S/c1-29-17-6-2-4-15(12-17)13-20(27)26-10-7-18-19(8-11-26)30-22(25-18)21(28)24-16-5-3-9-23-14-16/h2-6,9,12,14H,7-8,10-11,13H2,1H3,(H,24,28). The van der Waals surface area contributed by atoms with Gasteiger partial charge in [-0.05, 0) is 29.8 Å². The summed E-state index contributed by atoms with van der Waals surface area (Å²) in [7, 11) is 1.62. The van der Waals surface area contributed by atoms with Gasteiger partial charge in [0.2, 0.25) is 5.91 Å². The third kappa shape index (κ3) is 4.65. The zero-order chi connectivity index (χ0) is 20.9. The number of fused-ring (bicyclic) bond motifs is 1. The van der Waals surface area contributed by atoms with Gasteiger partial charge in [0.25, 0.3) is 5.91 Å². The van der Waals surface area contributed by atoms with Gasteiger partial charge in [-0.15, -0.1) is 11.3 Å². The Morgan fingerprint density at radius 2 is 2.07 bits per heavy atom. The van der Waals surface area contributed by atoms with Crippen molar-refractivity contribution in [2.75, 3.05) is 25.5 Å². The summed E-state index contributed by atoms with van der Waals surface area (Å²) in [6, 6.07) is 11.1. The average molecular weight is 423 g/mol. The SMILES string of the molecule is COc1cccc(CC(=O)N2CCc3nc(C(=O)Nc4cccnc4)sc3CC2)c1. The maximum atomic E-state index is 12.8. The first kappa shape index (κ1) is 20.0. The van der Waals surface area contributed by atoms with Crippen LogP contribution in [0.3, 0.4) is 0 Å². The van der Waals surface area contributed by atoms with Crippen molar-refractivity contribution in [3.05, 3.63) is 69.9 Å². The van der Waals surface area contributed by atoms with Crippen LogP contribution >= 0.6 is 11.3 Å². The van der Waals surface area contributed by atoms with Crippen LogP contribution in [0.4, 0.5) is 5.69 Å². The number of carbonyl (C=O) groups is 2. The van der Waals surface area contributed by atoms with Crippen molar-refractivity contribution in [1.29, 1.82) is 0 Å². The molecule has 0 aliphatic carbocycles. The predicted octanol–water partition coefficient (Wildman–Crippen LogP) is 2.97. The molecule has 154 valence electrons. The van der Waals surface area contributed by atoms with Gasteiger partial charge in [-0.2, -0.15) is 0 Å². The van der Waals surface area contributed by atoms with Crippen LogP contribution < -0.4 is 10.1 Å². The summed E-state index contributed by atoms with van der Waals surface area (Å²) in [6.07, 6.45) is 4.95. The topological polar surface area (TPSA) is 84.4 Å². The number of aromatic nitrogens is 2. The molecule has 0 spiro atoms. The molecule has 2 amide bonds. The summed E-state index contributed by atoms with van der Waals surface area (Å²) in [4.78, 5) is 36.7. The molecular formula is C22H22N4O3S. The molecule has 0 saturated heterocycles. The first-order valence-corrected chi connectivity index (χ1v) is 10.5. The van der Waals surface area contributed by atoms with E-state index in [4.69, 9.17) is 4.74 Å². The molecule has 3 aromatic rings. The molecule has 0 fully saturated rings. The molecule has 1 aliphatic heterocycles. The summed E-state index contributed by atoms with van der Waals surface area (Å²) in [6.45, 7) is 1.23. The summed E-state index contributed by atoms with van der Waals surface area (Å²) in [5.74, 6) is 0.611. The molecule has 2 aromatic heterocycles. The van der Waals surface area contributed by atoms with E-state index in [0.29, 0.717) is 43.0 Å². The molecule has 0 atom stereocenters. The molecule has 1 aliphatic rings. The highest BCUT2D eigenvalue weighted by molar-refractivity contribution is 7.13. The smallest absolute Gasteiger partial charge is 0.284 e. The second-order valence-corrected chi connectivity index (χ2v) is 8.08. The van der Waals surface area contributed by atoms with Gasteiger partial charge in [-0.3, -0.25) is 14.6 Å². The fourth-order valence-corrected chi connectivity index (χ4v) is 4.39. The minimum Gasteiger partial charge on any atom is -0.497 e. The average Bonchev–Trinajstić information content (AvgIpc) is 3.07. The minimum atomic E-state index is -0.230. The molecule has 7 nitrogen and oxygen atoms in total. The lowest BCUT2D eigenvalue weighted by Gasteiger charge is -2.20. The van der Waals surface area contributed by atoms with E-state index in [1.165, 1.54) is 11.3 Å².